The summed E-state index contributed by atoms with van der Waals surface area (Å²) in [4.78, 5) is 8.23. The Balaban J connectivity index is 2.13. The van der Waals surface area contributed by atoms with E-state index in [2.05, 4.69) is 15.3 Å². The van der Waals surface area contributed by atoms with Crippen LogP contribution < -0.4 is 5.32 Å². The fourth-order valence-electron chi connectivity index (χ4n) is 1.51. The number of anilines is 1. The highest BCUT2D eigenvalue weighted by molar-refractivity contribution is 5.40. The zero-order chi connectivity index (χ0) is 12.1. The van der Waals surface area contributed by atoms with E-state index < -0.39 is 0 Å². The highest BCUT2D eigenvalue weighted by atomic mass is 15.0. The quantitative estimate of drug-likeness (QED) is 0.870. The average Bonchev–Trinajstić information content (AvgIpc) is 2.40. The van der Waals surface area contributed by atoms with Crippen molar-refractivity contribution in [1.29, 1.82) is 5.26 Å². The largest absolute Gasteiger partial charge is 0.363 e. The second kappa shape index (κ2) is 5.08. The molecule has 1 unspecified atom stereocenters. The zero-order valence-corrected chi connectivity index (χ0v) is 9.46. The van der Waals surface area contributed by atoms with Gasteiger partial charge in [-0.15, -0.1) is 0 Å². The Bertz CT molecular complexity index is 531. The topological polar surface area (TPSA) is 61.6 Å². The van der Waals surface area contributed by atoms with Gasteiger partial charge in [-0.25, -0.2) is 4.98 Å². The molecular formula is C13H12N4. The predicted octanol–water partition coefficient (Wildman–Crippen LogP) is 2.52. The van der Waals surface area contributed by atoms with Crippen LogP contribution in [0.1, 0.15) is 24.2 Å². The van der Waals surface area contributed by atoms with Gasteiger partial charge in [0.05, 0.1) is 6.04 Å². The summed E-state index contributed by atoms with van der Waals surface area (Å²) >= 11 is 0. The van der Waals surface area contributed by atoms with Gasteiger partial charge in [-0.3, -0.25) is 4.98 Å². The van der Waals surface area contributed by atoms with Gasteiger partial charge >= 0.3 is 0 Å². The number of rotatable bonds is 3. The third-order valence-electron chi connectivity index (χ3n) is 2.41. The van der Waals surface area contributed by atoms with Crippen molar-refractivity contribution < 1.29 is 0 Å². The summed E-state index contributed by atoms with van der Waals surface area (Å²) in [5, 5.41) is 12.0. The van der Waals surface area contributed by atoms with Crippen LogP contribution in [-0.2, 0) is 0 Å². The third kappa shape index (κ3) is 2.79. The molecule has 0 amide bonds. The first-order valence-corrected chi connectivity index (χ1v) is 5.33. The fourth-order valence-corrected chi connectivity index (χ4v) is 1.51. The van der Waals surface area contributed by atoms with E-state index >= 15 is 0 Å². The smallest absolute Gasteiger partial charge is 0.142 e. The Morgan fingerprint density at radius 3 is 2.88 bits per heavy atom. The van der Waals surface area contributed by atoms with Crippen LogP contribution in [0.15, 0.2) is 42.7 Å². The van der Waals surface area contributed by atoms with E-state index in [-0.39, 0.29) is 6.04 Å². The lowest BCUT2D eigenvalue weighted by Gasteiger charge is -2.14. The SMILES string of the molecule is CC(Nc1cccc(C#N)n1)c1cccnc1. The van der Waals surface area contributed by atoms with Crippen molar-refractivity contribution in [3.8, 4) is 6.07 Å². The van der Waals surface area contributed by atoms with Gasteiger partial charge in [0.15, 0.2) is 0 Å². The van der Waals surface area contributed by atoms with Gasteiger partial charge in [-0.05, 0) is 30.7 Å². The number of nitrogens with zero attached hydrogens (tertiary/aromatic N) is 3. The number of hydrogen-bond donors (Lipinski definition) is 1. The summed E-state index contributed by atoms with van der Waals surface area (Å²) < 4.78 is 0. The summed E-state index contributed by atoms with van der Waals surface area (Å²) in [6.45, 7) is 2.03. The molecule has 2 heterocycles. The molecular weight excluding hydrogens is 212 g/mol. The van der Waals surface area contributed by atoms with Gasteiger partial charge in [-0.1, -0.05) is 12.1 Å². The molecule has 0 fully saturated rings. The molecule has 2 rings (SSSR count). The number of pyridine rings is 2. The first-order valence-electron chi connectivity index (χ1n) is 5.33. The monoisotopic (exact) mass is 224 g/mol. The summed E-state index contributed by atoms with van der Waals surface area (Å²) in [6, 6.07) is 11.3. The standard InChI is InChI=1S/C13H12N4/c1-10(11-4-3-7-15-9-11)16-13-6-2-5-12(8-14)17-13/h2-7,9-10H,1H3,(H,16,17). The minimum Gasteiger partial charge on any atom is -0.363 e. The van der Waals surface area contributed by atoms with E-state index in [9.17, 15) is 0 Å². The number of aromatic nitrogens is 2. The van der Waals surface area contributed by atoms with Gasteiger partial charge in [0, 0.05) is 12.4 Å². The number of hydrogen-bond acceptors (Lipinski definition) is 4. The minimum atomic E-state index is 0.102. The zero-order valence-electron chi connectivity index (χ0n) is 9.46. The third-order valence-corrected chi connectivity index (χ3v) is 2.41. The van der Waals surface area contributed by atoms with Gasteiger partial charge in [-0.2, -0.15) is 5.26 Å². The van der Waals surface area contributed by atoms with Crippen LogP contribution in [0.2, 0.25) is 0 Å². The van der Waals surface area contributed by atoms with E-state index in [1.54, 1.807) is 12.3 Å². The summed E-state index contributed by atoms with van der Waals surface area (Å²) in [7, 11) is 0. The van der Waals surface area contributed by atoms with E-state index in [0.29, 0.717) is 11.5 Å². The Labute approximate surface area is 100.0 Å². The first-order chi connectivity index (χ1) is 8.29. The molecule has 0 saturated heterocycles. The Morgan fingerprint density at radius 1 is 1.29 bits per heavy atom. The van der Waals surface area contributed by atoms with Crippen LogP contribution in [0.25, 0.3) is 0 Å². The lowest BCUT2D eigenvalue weighted by atomic mass is 10.1. The Kier molecular flexibility index (Phi) is 3.31. The van der Waals surface area contributed by atoms with Gasteiger partial charge in [0.2, 0.25) is 0 Å². The highest BCUT2D eigenvalue weighted by Gasteiger charge is 2.05. The van der Waals surface area contributed by atoms with Crippen molar-refractivity contribution in [3.63, 3.8) is 0 Å². The molecule has 0 aliphatic rings. The molecule has 0 spiro atoms. The number of nitrogens with one attached hydrogen (secondary N) is 1. The van der Waals surface area contributed by atoms with Crippen LogP contribution >= 0.6 is 0 Å². The Morgan fingerprint density at radius 2 is 2.18 bits per heavy atom. The van der Waals surface area contributed by atoms with E-state index in [4.69, 9.17) is 5.26 Å². The highest BCUT2D eigenvalue weighted by Crippen LogP contribution is 2.16. The summed E-state index contributed by atoms with van der Waals surface area (Å²) in [5.74, 6) is 0.695. The summed E-state index contributed by atoms with van der Waals surface area (Å²) in [6.07, 6.45) is 3.55. The fraction of sp³-hybridized carbons (Fsp3) is 0.154. The van der Waals surface area contributed by atoms with Crippen molar-refractivity contribution in [2.75, 3.05) is 5.32 Å². The van der Waals surface area contributed by atoms with Gasteiger partial charge in [0.1, 0.15) is 17.6 Å². The van der Waals surface area contributed by atoms with E-state index in [0.717, 1.165) is 5.56 Å². The summed E-state index contributed by atoms with van der Waals surface area (Å²) in [5.41, 5.74) is 1.49. The second-order valence-corrected chi connectivity index (χ2v) is 3.67. The maximum absolute atomic E-state index is 8.76. The molecule has 0 aromatic carbocycles. The van der Waals surface area contributed by atoms with E-state index in [1.807, 2.05) is 43.5 Å². The maximum Gasteiger partial charge on any atom is 0.142 e. The molecule has 2 aromatic heterocycles. The van der Waals surface area contributed by atoms with Crippen LogP contribution in [0.3, 0.4) is 0 Å². The maximum atomic E-state index is 8.76. The molecule has 0 radical (unpaired) electrons. The minimum absolute atomic E-state index is 0.102. The van der Waals surface area contributed by atoms with Gasteiger partial charge in [0.25, 0.3) is 0 Å². The van der Waals surface area contributed by atoms with Crippen molar-refractivity contribution in [1.82, 2.24) is 9.97 Å². The Hall–Kier alpha value is -2.41. The lowest BCUT2D eigenvalue weighted by Crippen LogP contribution is -2.08. The molecule has 1 atom stereocenters. The molecule has 0 aliphatic carbocycles. The van der Waals surface area contributed by atoms with Crippen LogP contribution in [0, 0.1) is 11.3 Å². The van der Waals surface area contributed by atoms with Crippen molar-refractivity contribution in [2.24, 2.45) is 0 Å². The average molecular weight is 224 g/mol. The van der Waals surface area contributed by atoms with Crippen LogP contribution in [0.5, 0.6) is 0 Å². The van der Waals surface area contributed by atoms with Crippen molar-refractivity contribution >= 4 is 5.82 Å². The first kappa shape index (κ1) is 11.1. The molecule has 84 valence electrons. The molecule has 1 N–H and O–H groups in total. The lowest BCUT2D eigenvalue weighted by molar-refractivity contribution is 0.865. The second-order valence-electron chi connectivity index (χ2n) is 3.67. The molecule has 4 heteroatoms. The van der Waals surface area contributed by atoms with Crippen molar-refractivity contribution in [2.45, 2.75) is 13.0 Å². The van der Waals surface area contributed by atoms with E-state index in [1.165, 1.54) is 0 Å². The molecule has 2 aromatic rings. The van der Waals surface area contributed by atoms with Gasteiger partial charge < -0.3 is 5.32 Å². The number of nitriles is 1. The van der Waals surface area contributed by atoms with Crippen molar-refractivity contribution in [3.05, 3.63) is 54.0 Å². The molecule has 17 heavy (non-hydrogen) atoms. The van der Waals surface area contributed by atoms with Crippen LogP contribution in [0.4, 0.5) is 5.82 Å². The predicted molar refractivity (Wildman–Crippen MR) is 65.2 cm³/mol. The molecule has 0 saturated carbocycles. The molecule has 0 bridgehead atoms. The molecule has 4 nitrogen and oxygen atoms in total. The normalized spacial score (nSPS) is 11.5. The van der Waals surface area contributed by atoms with Crippen LogP contribution in [-0.4, -0.2) is 9.97 Å². The molecule has 0 aliphatic heterocycles.